The van der Waals surface area contributed by atoms with E-state index in [9.17, 15) is 8.42 Å². The van der Waals surface area contributed by atoms with Crippen LogP contribution in [0.3, 0.4) is 0 Å². The Hall–Kier alpha value is -2.35. The van der Waals surface area contributed by atoms with Crippen molar-refractivity contribution in [3.63, 3.8) is 0 Å². The minimum absolute atomic E-state index is 0.00229. The summed E-state index contributed by atoms with van der Waals surface area (Å²) in [5.74, 6) is -0.0637. The van der Waals surface area contributed by atoms with E-state index in [1.54, 1.807) is 50.3 Å². The molecule has 0 unspecified atom stereocenters. The molecule has 22 heavy (non-hydrogen) atoms. The molecular formula is C15H18N4O2S. The summed E-state index contributed by atoms with van der Waals surface area (Å²) in [6.45, 7) is 4.00. The maximum Gasteiger partial charge on any atom is 0.216 e. The molecule has 0 fully saturated rings. The highest BCUT2D eigenvalue weighted by molar-refractivity contribution is 7.88. The number of benzene rings is 1. The van der Waals surface area contributed by atoms with Gasteiger partial charge in [0.25, 0.3) is 0 Å². The molecule has 1 aromatic rings. The van der Waals surface area contributed by atoms with Crippen molar-refractivity contribution in [3.8, 4) is 12.1 Å². The van der Waals surface area contributed by atoms with Gasteiger partial charge in [-0.15, -0.1) is 0 Å². The molecule has 1 rings (SSSR count). The lowest BCUT2D eigenvalue weighted by atomic mass is 10.1. The van der Waals surface area contributed by atoms with Crippen molar-refractivity contribution in [3.05, 3.63) is 47.2 Å². The summed E-state index contributed by atoms with van der Waals surface area (Å²) in [4.78, 5) is 0. The predicted molar refractivity (Wildman–Crippen MR) is 83.5 cm³/mol. The van der Waals surface area contributed by atoms with Gasteiger partial charge in [0.15, 0.2) is 0 Å². The summed E-state index contributed by atoms with van der Waals surface area (Å²) < 4.78 is 26.2. The van der Waals surface area contributed by atoms with Gasteiger partial charge in [-0.2, -0.15) is 10.5 Å². The number of nitriles is 2. The van der Waals surface area contributed by atoms with Crippen LogP contribution in [-0.2, 0) is 22.3 Å². The summed E-state index contributed by atoms with van der Waals surface area (Å²) >= 11 is 0. The molecule has 0 saturated heterocycles. The molecule has 0 aliphatic carbocycles. The van der Waals surface area contributed by atoms with Gasteiger partial charge in [-0.1, -0.05) is 24.3 Å². The van der Waals surface area contributed by atoms with E-state index in [1.165, 1.54) is 6.20 Å². The Morgan fingerprint density at radius 1 is 1.18 bits per heavy atom. The Balaban J connectivity index is 2.63. The van der Waals surface area contributed by atoms with Crippen molar-refractivity contribution in [1.82, 2.24) is 10.0 Å². The van der Waals surface area contributed by atoms with Gasteiger partial charge in [0.05, 0.1) is 5.75 Å². The van der Waals surface area contributed by atoms with Crippen LogP contribution in [0.15, 0.2) is 36.0 Å². The number of nitrogens with zero attached hydrogens (tertiary/aromatic N) is 2. The van der Waals surface area contributed by atoms with Gasteiger partial charge in [0.2, 0.25) is 10.0 Å². The molecule has 0 saturated carbocycles. The summed E-state index contributed by atoms with van der Waals surface area (Å²) in [5.41, 5.74) is 1.62. The van der Waals surface area contributed by atoms with E-state index in [2.05, 4.69) is 10.0 Å². The first kappa shape index (κ1) is 17.7. The van der Waals surface area contributed by atoms with Crippen LogP contribution < -0.4 is 10.0 Å². The third-order valence-electron chi connectivity index (χ3n) is 2.59. The van der Waals surface area contributed by atoms with Gasteiger partial charge in [-0.3, -0.25) is 0 Å². The molecule has 6 nitrogen and oxygen atoms in total. The SMILES string of the molecule is CC(C)NS(=O)(=O)Cc1ccc(CNC=C(C#N)C#N)cc1. The summed E-state index contributed by atoms with van der Waals surface area (Å²) in [6, 6.07) is 10.5. The minimum Gasteiger partial charge on any atom is -0.385 e. The highest BCUT2D eigenvalue weighted by atomic mass is 32.2. The van der Waals surface area contributed by atoms with Gasteiger partial charge in [-0.05, 0) is 25.0 Å². The Bertz CT molecular complexity index is 691. The third kappa shape index (κ3) is 6.40. The largest absolute Gasteiger partial charge is 0.385 e. The minimum atomic E-state index is -3.33. The first-order valence-corrected chi connectivity index (χ1v) is 8.33. The van der Waals surface area contributed by atoms with Crippen LogP contribution >= 0.6 is 0 Å². The zero-order valence-electron chi connectivity index (χ0n) is 12.5. The highest BCUT2D eigenvalue weighted by Gasteiger charge is 2.12. The van der Waals surface area contributed by atoms with Crippen molar-refractivity contribution >= 4 is 10.0 Å². The molecule has 0 aliphatic rings. The van der Waals surface area contributed by atoms with E-state index in [-0.39, 0.29) is 17.4 Å². The fourth-order valence-electron chi connectivity index (χ4n) is 1.73. The quantitative estimate of drug-likeness (QED) is 0.742. The van der Waals surface area contributed by atoms with Crippen LogP contribution in [0.4, 0.5) is 0 Å². The second-order valence-electron chi connectivity index (χ2n) is 5.01. The molecule has 0 aromatic heterocycles. The van der Waals surface area contributed by atoms with E-state index in [0.29, 0.717) is 12.1 Å². The molecule has 0 spiro atoms. The molecule has 116 valence electrons. The first-order valence-electron chi connectivity index (χ1n) is 6.68. The van der Waals surface area contributed by atoms with Crippen molar-refractivity contribution in [2.45, 2.75) is 32.2 Å². The smallest absolute Gasteiger partial charge is 0.216 e. The van der Waals surface area contributed by atoms with E-state index >= 15 is 0 Å². The Kier molecular flexibility index (Phi) is 6.58. The second-order valence-corrected chi connectivity index (χ2v) is 6.76. The van der Waals surface area contributed by atoms with Crippen molar-refractivity contribution in [1.29, 1.82) is 10.5 Å². The van der Waals surface area contributed by atoms with Crippen LogP contribution in [0.1, 0.15) is 25.0 Å². The standard InChI is InChI=1S/C15H18N4O2S/c1-12(2)19-22(20,21)11-14-5-3-13(4-6-14)9-18-10-15(7-16)8-17/h3-6,10,12,18-19H,9,11H2,1-2H3. The van der Waals surface area contributed by atoms with Gasteiger partial charge in [0.1, 0.15) is 17.7 Å². The van der Waals surface area contributed by atoms with Crippen molar-refractivity contribution in [2.75, 3.05) is 0 Å². The fraction of sp³-hybridized carbons (Fsp3) is 0.333. The Morgan fingerprint density at radius 2 is 1.73 bits per heavy atom. The average Bonchev–Trinajstić information content (AvgIpc) is 2.43. The van der Waals surface area contributed by atoms with E-state index < -0.39 is 10.0 Å². The molecule has 7 heteroatoms. The molecule has 0 amide bonds. The van der Waals surface area contributed by atoms with Gasteiger partial charge >= 0.3 is 0 Å². The van der Waals surface area contributed by atoms with Crippen LogP contribution in [0, 0.1) is 22.7 Å². The maximum absolute atomic E-state index is 11.8. The molecule has 2 N–H and O–H groups in total. The summed E-state index contributed by atoms with van der Waals surface area (Å²) in [5, 5.41) is 20.0. The van der Waals surface area contributed by atoms with E-state index in [1.807, 2.05) is 0 Å². The average molecular weight is 318 g/mol. The first-order chi connectivity index (χ1) is 10.4. The third-order valence-corrected chi connectivity index (χ3v) is 4.13. The van der Waals surface area contributed by atoms with Crippen LogP contribution in [0.2, 0.25) is 0 Å². The number of nitrogens with one attached hydrogen (secondary N) is 2. The number of rotatable bonds is 7. The molecule has 1 aromatic carbocycles. The lowest BCUT2D eigenvalue weighted by Crippen LogP contribution is -2.31. The van der Waals surface area contributed by atoms with E-state index in [4.69, 9.17) is 10.5 Å². The lowest BCUT2D eigenvalue weighted by molar-refractivity contribution is 0.569. The van der Waals surface area contributed by atoms with Gasteiger partial charge < -0.3 is 5.32 Å². The van der Waals surface area contributed by atoms with Crippen molar-refractivity contribution in [2.24, 2.45) is 0 Å². The van der Waals surface area contributed by atoms with Crippen LogP contribution in [0.25, 0.3) is 0 Å². The molecule has 0 heterocycles. The molecule has 0 radical (unpaired) electrons. The zero-order chi connectivity index (χ0) is 16.6. The van der Waals surface area contributed by atoms with E-state index in [0.717, 1.165) is 5.56 Å². The maximum atomic E-state index is 11.8. The summed E-state index contributed by atoms with van der Waals surface area (Å²) in [7, 11) is -3.33. The molecule has 0 aliphatic heterocycles. The number of hydrogen-bond acceptors (Lipinski definition) is 5. The summed E-state index contributed by atoms with van der Waals surface area (Å²) in [6.07, 6.45) is 1.35. The van der Waals surface area contributed by atoms with Crippen LogP contribution in [-0.4, -0.2) is 14.5 Å². The monoisotopic (exact) mass is 318 g/mol. The van der Waals surface area contributed by atoms with Gasteiger partial charge in [-0.25, -0.2) is 13.1 Å². The molecule has 0 bridgehead atoms. The number of allylic oxidation sites excluding steroid dienone is 1. The molecule has 0 atom stereocenters. The van der Waals surface area contributed by atoms with Crippen molar-refractivity contribution < 1.29 is 8.42 Å². The van der Waals surface area contributed by atoms with Crippen LogP contribution in [0.5, 0.6) is 0 Å². The normalized spacial score (nSPS) is 10.6. The molecular weight excluding hydrogens is 300 g/mol. The second kappa shape index (κ2) is 8.18. The predicted octanol–water partition coefficient (Wildman–Crippen LogP) is 1.54. The Labute approximate surface area is 131 Å². The topological polar surface area (TPSA) is 106 Å². The number of hydrogen-bond donors (Lipinski definition) is 2. The Morgan fingerprint density at radius 3 is 2.23 bits per heavy atom. The zero-order valence-corrected chi connectivity index (χ0v) is 13.3. The highest BCUT2D eigenvalue weighted by Crippen LogP contribution is 2.08. The lowest BCUT2D eigenvalue weighted by Gasteiger charge is -2.10. The number of sulfonamides is 1. The fourth-order valence-corrected chi connectivity index (χ4v) is 3.17. The van der Waals surface area contributed by atoms with Gasteiger partial charge in [0, 0.05) is 18.8 Å².